The van der Waals surface area contributed by atoms with Crippen LogP contribution in [0.5, 0.6) is 0 Å². The Labute approximate surface area is 124 Å². The first-order valence-electron chi connectivity index (χ1n) is 6.94. The van der Waals surface area contributed by atoms with Crippen LogP contribution in [0, 0.1) is 0 Å². The minimum Gasteiger partial charge on any atom is -0.364 e. The topological polar surface area (TPSA) is 42.1 Å². The second kappa shape index (κ2) is 5.81. The van der Waals surface area contributed by atoms with Crippen LogP contribution >= 0.6 is 11.6 Å². The van der Waals surface area contributed by atoms with Gasteiger partial charge in [-0.2, -0.15) is 0 Å². The fraction of sp³-hybridized carbons (Fsp3) is 0.312. The van der Waals surface area contributed by atoms with Crippen molar-refractivity contribution in [2.45, 2.75) is 25.4 Å². The summed E-state index contributed by atoms with van der Waals surface area (Å²) in [6, 6.07) is 10.7. The molecule has 0 aliphatic carbocycles. The zero-order valence-electron chi connectivity index (χ0n) is 11.3. The minimum atomic E-state index is 0.392. The number of hydrogen-bond acceptors (Lipinski definition) is 3. The van der Waals surface area contributed by atoms with Crippen LogP contribution in [0.4, 0.5) is 5.69 Å². The summed E-state index contributed by atoms with van der Waals surface area (Å²) in [6.45, 7) is 1.53. The number of anilines is 1. The molecule has 1 aromatic heterocycles. The van der Waals surface area contributed by atoms with Crippen LogP contribution in [0.2, 0.25) is 5.02 Å². The predicted molar refractivity (Wildman–Crippen MR) is 82.9 cm³/mol. The van der Waals surface area contributed by atoms with Gasteiger partial charge in [-0.3, -0.25) is 4.98 Å². The molecule has 0 saturated carbocycles. The van der Waals surface area contributed by atoms with E-state index in [9.17, 15) is 0 Å². The van der Waals surface area contributed by atoms with Gasteiger partial charge in [0.1, 0.15) is 0 Å². The standard InChI is InChI=1S/C16H18ClN3/c17-15-9-14(6-5-12(15)10-18)20-8-2-4-16(20)13-3-1-7-19-11-13/h1,3,5-7,9,11,16H,2,4,8,10,18H2. The average Bonchev–Trinajstić information content (AvgIpc) is 2.97. The summed E-state index contributed by atoms with van der Waals surface area (Å²) in [6.07, 6.45) is 6.12. The molecule has 0 amide bonds. The molecule has 104 valence electrons. The van der Waals surface area contributed by atoms with Gasteiger partial charge in [-0.25, -0.2) is 0 Å². The van der Waals surface area contributed by atoms with Crippen molar-refractivity contribution in [3.8, 4) is 0 Å². The number of halogens is 1. The molecule has 1 aliphatic heterocycles. The van der Waals surface area contributed by atoms with Gasteiger partial charge in [-0.15, -0.1) is 0 Å². The number of nitrogens with zero attached hydrogens (tertiary/aromatic N) is 2. The van der Waals surface area contributed by atoms with E-state index in [1.807, 2.05) is 30.6 Å². The van der Waals surface area contributed by atoms with Crippen LogP contribution < -0.4 is 10.6 Å². The second-order valence-electron chi connectivity index (χ2n) is 5.12. The Morgan fingerprint density at radius 3 is 2.95 bits per heavy atom. The number of aromatic nitrogens is 1. The predicted octanol–water partition coefficient (Wildman–Crippen LogP) is 3.54. The van der Waals surface area contributed by atoms with E-state index in [0.29, 0.717) is 12.6 Å². The average molecular weight is 288 g/mol. The molecular formula is C16H18ClN3. The number of nitrogens with two attached hydrogens (primary N) is 1. The van der Waals surface area contributed by atoms with Crippen molar-refractivity contribution in [2.75, 3.05) is 11.4 Å². The van der Waals surface area contributed by atoms with E-state index in [1.165, 1.54) is 17.7 Å². The Bertz CT molecular complexity index is 586. The summed E-state index contributed by atoms with van der Waals surface area (Å²) < 4.78 is 0. The minimum absolute atomic E-state index is 0.392. The van der Waals surface area contributed by atoms with E-state index in [1.54, 1.807) is 0 Å². The lowest BCUT2D eigenvalue weighted by Crippen LogP contribution is -2.22. The van der Waals surface area contributed by atoms with E-state index in [0.717, 1.165) is 23.6 Å². The first-order valence-corrected chi connectivity index (χ1v) is 7.32. The normalized spacial score (nSPS) is 18.5. The molecule has 1 saturated heterocycles. The highest BCUT2D eigenvalue weighted by atomic mass is 35.5. The molecule has 1 aliphatic rings. The molecule has 1 atom stereocenters. The number of benzene rings is 1. The van der Waals surface area contributed by atoms with Gasteiger partial charge in [-0.1, -0.05) is 23.7 Å². The zero-order chi connectivity index (χ0) is 13.9. The van der Waals surface area contributed by atoms with Crippen molar-refractivity contribution in [1.29, 1.82) is 0 Å². The summed E-state index contributed by atoms with van der Waals surface area (Å²) in [7, 11) is 0. The van der Waals surface area contributed by atoms with Crippen LogP contribution in [0.15, 0.2) is 42.7 Å². The van der Waals surface area contributed by atoms with Gasteiger partial charge in [-0.05, 0) is 42.2 Å². The summed E-state index contributed by atoms with van der Waals surface area (Å²) in [5, 5.41) is 0.752. The SMILES string of the molecule is NCc1ccc(N2CCCC2c2cccnc2)cc1Cl. The van der Waals surface area contributed by atoms with Gasteiger partial charge in [0.25, 0.3) is 0 Å². The lowest BCUT2D eigenvalue weighted by molar-refractivity contribution is 0.715. The van der Waals surface area contributed by atoms with Crippen LogP contribution in [0.3, 0.4) is 0 Å². The van der Waals surface area contributed by atoms with Gasteiger partial charge >= 0.3 is 0 Å². The van der Waals surface area contributed by atoms with E-state index in [4.69, 9.17) is 17.3 Å². The number of pyridine rings is 1. The molecule has 1 unspecified atom stereocenters. The zero-order valence-corrected chi connectivity index (χ0v) is 12.1. The van der Waals surface area contributed by atoms with Crippen LogP contribution in [0.1, 0.15) is 30.0 Å². The Hall–Kier alpha value is -1.58. The quantitative estimate of drug-likeness (QED) is 0.939. The molecule has 0 bridgehead atoms. The highest BCUT2D eigenvalue weighted by Crippen LogP contribution is 2.37. The molecule has 4 heteroatoms. The van der Waals surface area contributed by atoms with Crippen molar-refractivity contribution in [1.82, 2.24) is 4.98 Å². The van der Waals surface area contributed by atoms with Gasteiger partial charge in [0.05, 0.1) is 6.04 Å². The first kappa shape index (κ1) is 13.4. The largest absolute Gasteiger partial charge is 0.364 e. The highest BCUT2D eigenvalue weighted by Gasteiger charge is 2.26. The first-order chi connectivity index (χ1) is 9.79. The molecule has 2 N–H and O–H groups in total. The van der Waals surface area contributed by atoms with Crippen LogP contribution in [-0.4, -0.2) is 11.5 Å². The third-order valence-electron chi connectivity index (χ3n) is 3.91. The Balaban J connectivity index is 1.91. The Morgan fingerprint density at radius 1 is 1.35 bits per heavy atom. The maximum Gasteiger partial charge on any atom is 0.0558 e. The Morgan fingerprint density at radius 2 is 2.25 bits per heavy atom. The monoisotopic (exact) mass is 287 g/mol. The third-order valence-corrected chi connectivity index (χ3v) is 4.26. The maximum absolute atomic E-state index is 6.28. The lowest BCUT2D eigenvalue weighted by atomic mass is 10.1. The molecular weight excluding hydrogens is 270 g/mol. The molecule has 3 nitrogen and oxygen atoms in total. The molecule has 1 fully saturated rings. The van der Waals surface area contributed by atoms with Crippen LogP contribution in [-0.2, 0) is 6.54 Å². The smallest absolute Gasteiger partial charge is 0.0558 e. The number of rotatable bonds is 3. The van der Waals surface area contributed by atoms with Crippen molar-refractivity contribution < 1.29 is 0 Å². The van der Waals surface area contributed by atoms with E-state index >= 15 is 0 Å². The molecule has 0 spiro atoms. The molecule has 20 heavy (non-hydrogen) atoms. The van der Waals surface area contributed by atoms with E-state index in [-0.39, 0.29) is 0 Å². The maximum atomic E-state index is 6.28. The van der Waals surface area contributed by atoms with Gasteiger partial charge in [0, 0.05) is 36.2 Å². The molecule has 3 rings (SSSR count). The molecule has 2 heterocycles. The molecule has 0 radical (unpaired) electrons. The third kappa shape index (κ3) is 2.51. The highest BCUT2D eigenvalue weighted by molar-refractivity contribution is 6.31. The summed E-state index contributed by atoms with van der Waals surface area (Å²) in [5.74, 6) is 0. The summed E-state index contributed by atoms with van der Waals surface area (Å²) >= 11 is 6.28. The Kier molecular flexibility index (Phi) is 3.90. The van der Waals surface area contributed by atoms with E-state index < -0.39 is 0 Å². The molecule has 2 aromatic rings. The fourth-order valence-corrected chi connectivity index (χ4v) is 3.13. The fourth-order valence-electron chi connectivity index (χ4n) is 2.88. The second-order valence-corrected chi connectivity index (χ2v) is 5.52. The van der Waals surface area contributed by atoms with Gasteiger partial charge in [0.2, 0.25) is 0 Å². The molecule has 1 aromatic carbocycles. The summed E-state index contributed by atoms with van der Waals surface area (Å²) in [4.78, 5) is 6.64. The summed E-state index contributed by atoms with van der Waals surface area (Å²) in [5.41, 5.74) is 9.09. The van der Waals surface area contributed by atoms with Crippen molar-refractivity contribution in [2.24, 2.45) is 5.73 Å². The lowest BCUT2D eigenvalue weighted by Gasteiger charge is -2.27. The van der Waals surface area contributed by atoms with Gasteiger partial charge < -0.3 is 10.6 Å². The van der Waals surface area contributed by atoms with Crippen molar-refractivity contribution >= 4 is 17.3 Å². The van der Waals surface area contributed by atoms with E-state index in [2.05, 4.69) is 22.0 Å². The van der Waals surface area contributed by atoms with Crippen molar-refractivity contribution in [3.63, 3.8) is 0 Å². The van der Waals surface area contributed by atoms with Gasteiger partial charge in [0.15, 0.2) is 0 Å². The van der Waals surface area contributed by atoms with Crippen molar-refractivity contribution in [3.05, 3.63) is 58.9 Å². The number of hydrogen-bond donors (Lipinski definition) is 1. The van der Waals surface area contributed by atoms with Crippen LogP contribution in [0.25, 0.3) is 0 Å².